The maximum atomic E-state index is 12.1. The van der Waals surface area contributed by atoms with Crippen molar-refractivity contribution in [1.29, 1.82) is 0 Å². The zero-order chi connectivity index (χ0) is 16.4. The second-order valence-electron chi connectivity index (χ2n) is 4.77. The van der Waals surface area contributed by atoms with Crippen LogP contribution in [0.1, 0.15) is 19.8 Å². The van der Waals surface area contributed by atoms with Crippen LogP contribution in [-0.4, -0.2) is 41.6 Å². The molecule has 0 bridgehead atoms. The fourth-order valence-corrected chi connectivity index (χ4v) is 1.88. The molecular formula is C16H23N3O3. The monoisotopic (exact) mass is 305 g/mol. The van der Waals surface area contributed by atoms with Crippen molar-refractivity contribution in [3.63, 3.8) is 0 Å². The number of hydrogen-bond donors (Lipinski definition) is 3. The van der Waals surface area contributed by atoms with Gasteiger partial charge in [0.05, 0.1) is 6.61 Å². The van der Waals surface area contributed by atoms with Crippen LogP contribution in [-0.2, 0) is 4.79 Å². The van der Waals surface area contributed by atoms with Crippen molar-refractivity contribution < 1.29 is 14.7 Å². The van der Waals surface area contributed by atoms with Crippen molar-refractivity contribution in [1.82, 2.24) is 4.90 Å². The number of amides is 3. The molecule has 1 rings (SSSR count). The molecular weight excluding hydrogens is 282 g/mol. The lowest BCUT2D eigenvalue weighted by molar-refractivity contribution is -0.116. The van der Waals surface area contributed by atoms with Crippen molar-refractivity contribution in [3.8, 4) is 0 Å². The highest BCUT2D eigenvalue weighted by Gasteiger charge is 2.11. The normalized spacial score (nSPS) is 9.91. The average molecular weight is 305 g/mol. The van der Waals surface area contributed by atoms with Gasteiger partial charge in [0, 0.05) is 30.9 Å². The van der Waals surface area contributed by atoms with Crippen LogP contribution in [0.4, 0.5) is 16.2 Å². The van der Waals surface area contributed by atoms with Crippen LogP contribution in [0, 0.1) is 0 Å². The van der Waals surface area contributed by atoms with Gasteiger partial charge in [-0.05, 0) is 24.6 Å². The summed E-state index contributed by atoms with van der Waals surface area (Å²) in [6.45, 7) is 5.98. The van der Waals surface area contributed by atoms with Crippen molar-refractivity contribution in [2.45, 2.75) is 19.8 Å². The summed E-state index contributed by atoms with van der Waals surface area (Å²) >= 11 is 0. The van der Waals surface area contributed by atoms with Gasteiger partial charge in [0.2, 0.25) is 5.91 Å². The minimum atomic E-state index is -0.328. The Kier molecular flexibility index (Phi) is 7.70. The average Bonchev–Trinajstić information content (AvgIpc) is 2.47. The molecule has 0 aliphatic carbocycles. The van der Waals surface area contributed by atoms with Gasteiger partial charge in [-0.15, -0.1) is 6.58 Å². The molecule has 0 unspecified atom stereocenters. The molecule has 120 valence electrons. The van der Waals surface area contributed by atoms with E-state index in [2.05, 4.69) is 17.2 Å². The Bertz CT molecular complexity index is 517. The molecule has 22 heavy (non-hydrogen) atoms. The lowest BCUT2D eigenvalue weighted by Crippen LogP contribution is -2.37. The molecule has 0 aliphatic rings. The maximum absolute atomic E-state index is 12.1. The highest BCUT2D eigenvalue weighted by molar-refractivity contribution is 5.93. The summed E-state index contributed by atoms with van der Waals surface area (Å²) in [4.78, 5) is 25.1. The van der Waals surface area contributed by atoms with E-state index < -0.39 is 0 Å². The lowest BCUT2D eigenvalue weighted by Gasteiger charge is -2.20. The third-order valence-corrected chi connectivity index (χ3v) is 2.88. The molecule has 3 amide bonds. The van der Waals surface area contributed by atoms with Crippen LogP contribution in [0.3, 0.4) is 0 Å². The number of nitrogens with zero attached hydrogens (tertiary/aromatic N) is 1. The van der Waals surface area contributed by atoms with Crippen molar-refractivity contribution >= 4 is 23.3 Å². The van der Waals surface area contributed by atoms with E-state index in [1.807, 2.05) is 6.92 Å². The van der Waals surface area contributed by atoms with Gasteiger partial charge in [0.25, 0.3) is 0 Å². The molecule has 6 heteroatoms. The predicted molar refractivity (Wildman–Crippen MR) is 87.9 cm³/mol. The molecule has 0 fully saturated rings. The highest BCUT2D eigenvalue weighted by Crippen LogP contribution is 2.16. The first-order valence-electron chi connectivity index (χ1n) is 7.28. The Labute approximate surface area is 130 Å². The summed E-state index contributed by atoms with van der Waals surface area (Å²) in [5.74, 6) is -0.0560. The second kappa shape index (κ2) is 9.57. The number of hydrogen-bond acceptors (Lipinski definition) is 3. The number of rotatable bonds is 8. The number of benzene rings is 1. The van der Waals surface area contributed by atoms with E-state index in [9.17, 15) is 9.59 Å². The SMILES string of the molecule is C=CCN(CCO)C(=O)Nc1cccc(NC(=O)CCC)c1. The van der Waals surface area contributed by atoms with Crippen LogP contribution >= 0.6 is 0 Å². The Hall–Kier alpha value is -2.34. The molecule has 0 radical (unpaired) electrons. The Morgan fingerprint density at radius 2 is 2.00 bits per heavy atom. The molecule has 1 aromatic rings. The van der Waals surface area contributed by atoms with Gasteiger partial charge in [-0.25, -0.2) is 4.79 Å². The van der Waals surface area contributed by atoms with Gasteiger partial charge in [0.1, 0.15) is 0 Å². The number of nitrogens with one attached hydrogen (secondary N) is 2. The van der Waals surface area contributed by atoms with Gasteiger partial charge in [-0.2, -0.15) is 0 Å². The van der Waals surface area contributed by atoms with Crippen molar-refractivity contribution in [3.05, 3.63) is 36.9 Å². The van der Waals surface area contributed by atoms with E-state index in [0.29, 0.717) is 24.3 Å². The first-order chi connectivity index (χ1) is 10.6. The van der Waals surface area contributed by atoms with Gasteiger partial charge in [0.15, 0.2) is 0 Å². The Morgan fingerprint density at radius 3 is 2.59 bits per heavy atom. The molecule has 0 spiro atoms. The van der Waals surface area contributed by atoms with E-state index in [4.69, 9.17) is 5.11 Å². The third-order valence-electron chi connectivity index (χ3n) is 2.88. The van der Waals surface area contributed by atoms with Crippen LogP contribution in [0.15, 0.2) is 36.9 Å². The number of carbonyl (C=O) groups is 2. The fourth-order valence-electron chi connectivity index (χ4n) is 1.88. The van der Waals surface area contributed by atoms with Gasteiger partial charge >= 0.3 is 6.03 Å². The minimum Gasteiger partial charge on any atom is -0.395 e. The molecule has 6 nitrogen and oxygen atoms in total. The third kappa shape index (κ3) is 5.97. The van der Waals surface area contributed by atoms with E-state index in [0.717, 1.165) is 6.42 Å². The smallest absolute Gasteiger partial charge is 0.322 e. The Balaban J connectivity index is 2.70. The standard InChI is InChI=1S/C16H23N3O3/c1-3-6-15(21)17-13-7-5-8-14(12-13)18-16(22)19(9-4-2)10-11-20/h4-5,7-8,12,20H,2-3,6,9-11H2,1H3,(H,17,21)(H,18,22). The van der Waals surface area contributed by atoms with E-state index in [-0.39, 0.29) is 25.1 Å². The zero-order valence-corrected chi connectivity index (χ0v) is 12.8. The summed E-state index contributed by atoms with van der Waals surface area (Å²) in [5.41, 5.74) is 1.21. The van der Waals surface area contributed by atoms with Gasteiger partial charge < -0.3 is 20.6 Å². The first-order valence-corrected chi connectivity index (χ1v) is 7.28. The molecule has 0 saturated heterocycles. The summed E-state index contributed by atoms with van der Waals surface area (Å²) < 4.78 is 0. The molecule has 1 aromatic carbocycles. The summed E-state index contributed by atoms with van der Waals surface area (Å²) in [6, 6.07) is 6.61. The fraction of sp³-hybridized carbons (Fsp3) is 0.375. The first kappa shape index (κ1) is 17.7. The second-order valence-corrected chi connectivity index (χ2v) is 4.77. The molecule has 0 heterocycles. The van der Waals surface area contributed by atoms with Crippen LogP contribution < -0.4 is 10.6 Å². The number of urea groups is 1. The summed E-state index contributed by atoms with van der Waals surface area (Å²) in [5, 5.41) is 14.5. The Morgan fingerprint density at radius 1 is 1.32 bits per heavy atom. The van der Waals surface area contributed by atoms with Gasteiger partial charge in [-0.1, -0.05) is 19.1 Å². The number of aliphatic hydroxyl groups excluding tert-OH is 1. The number of carbonyl (C=O) groups excluding carboxylic acids is 2. The number of aliphatic hydroxyl groups is 1. The largest absolute Gasteiger partial charge is 0.395 e. The van der Waals surface area contributed by atoms with E-state index in [1.165, 1.54) is 4.90 Å². The molecule has 0 aromatic heterocycles. The van der Waals surface area contributed by atoms with Crippen molar-refractivity contribution in [2.75, 3.05) is 30.3 Å². The van der Waals surface area contributed by atoms with Crippen molar-refractivity contribution in [2.24, 2.45) is 0 Å². The molecule has 0 atom stereocenters. The minimum absolute atomic E-state index is 0.0560. The van der Waals surface area contributed by atoms with E-state index in [1.54, 1.807) is 30.3 Å². The predicted octanol–water partition coefficient (Wildman–Crippen LogP) is 2.44. The van der Waals surface area contributed by atoms with Crippen LogP contribution in [0.2, 0.25) is 0 Å². The lowest BCUT2D eigenvalue weighted by atomic mass is 10.2. The topological polar surface area (TPSA) is 81.7 Å². The summed E-state index contributed by atoms with van der Waals surface area (Å²) in [6.07, 6.45) is 2.83. The zero-order valence-electron chi connectivity index (χ0n) is 12.8. The molecule has 0 aliphatic heterocycles. The highest BCUT2D eigenvalue weighted by atomic mass is 16.3. The van der Waals surface area contributed by atoms with Crippen LogP contribution in [0.5, 0.6) is 0 Å². The van der Waals surface area contributed by atoms with E-state index >= 15 is 0 Å². The van der Waals surface area contributed by atoms with Crippen LogP contribution in [0.25, 0.3) is 0 Å². The maximum Gasteiger partial charge on any atom is 0.322 e. The quantitative estimate of drug-likeness (QED) is 0.645. The number of anilines is 2. The van der Waals surface area contributed by atoms with Gasteiger partial charge in [-0.3, -0.25) is 4.79 Å². The summed E-state index contributed by atoms with van der Waals surface area (Å²) in [7, 11) is 0. The molecule has 0 saturated carbocycles. The molecule has 3 N–H and O–H groups in total.